The maximum atomic E-state index is 11.7. The average Bonchev–Trinajstić information content (AvgIpc) is 2.56. The van der Waals surface area contributed by atoms with Gasteiger partial charge in [-0.3, -0.25) is 10.4 Å². The van der Waals surface area contributed by atoms with Crippen LogP contribution < -0.4 is 20.6 Å². The van der Waals surface area contributed by atoms with Crippen LogP contribution in [-0.2, 0) is 4.79 Å². The topological polar surface area (TPSA) is 98.8 Å². The number of hydrazone groups is 1. The summed E-state index contributed by atoms with van der Waals surface area (Å²) in [5.41, 5.74) is 8.17. The van der Waals surface area contributed by atoms with E-state index in [0.29, 0.717) is 22.2 Å². The zero-order valence-corrected chi connectivity index (χ0v) is 13.9. The molecule has 0 spiro atoms. The molecule has 0 saturated heterocycles. The first-order valence-electron chi connectivity index (χ1n) is 6.66. The van der Waals surface area contributed by atoms with Gasteiger partial charge in [-0.1, -0.05) is 11.6 Å². The van der Waals surface area contributed by atoms with Crippen molar-refractivity contribution < 1.29 is 14.3 Å². The lowest BCUT2D eigenvalue weighted by atomic mass is 10.3. The molecule has 1 aromatic heterocycles. The van der Waals surface area contributed by atoms with Crippen LogP contribution in [0.4, 0.5) is 0 Å². The Morgan fingerprint density at radius 1 is 1.29 bits per heavy atom. The number of halogens is 1. The van der Waals surface area contributed by atoms with Gasteiger partial charge in [0, 0.05) is 5.02 Å². The summed E-state index contributed by atoms with van der Waals surface area (Å²) in [7, 11) is 0. The van der Waals surface area contributed by atoms with E-state index in [2.05, 4.69) is 27.7 Å². The fraction of sp³-hybridized carbons (Fsp3) is 0.0667. The lowest BCUT2D eigenvalue weighted by Crippen LogP contribution is -2.24. The van der Waals surface area contributed by atoms with E-state index in [1.807, 2.05) is 0 Å². The SMILES string of the molecule is NC(=S)NN=Cc1ccc(OC(=O)COc2ccc(Cl)cc2)cn1. The number of rotatable bonds is 6. The number of carbonyl (C=O) groups excluding carboxylic acids is 1. The molecule has 3 N–H and O–H groups in total. The highest BCUT2D eigenvalue weighted by atomic mass is 35.5. The smallest absolute Gasteiger partial charge is 0.349 e. The third kappa shape index (κ3) is 6.19. The standard InChI is InChI=1S/C15H13ClN4O3S/c16-10-1-4-12(5-2-10)22-9-14(21)23-13-6-3-11(18-8-13)7-19-20-15(17)24/h1-8H,9H2,(H3,17,20,24). The largest absolute Gasteiger partial charge is 0.482 e. The molecule has 1 aromatic carbocycles. The number of carbonyl (C=O) groups is 1. The minimum Gasteiger partial charge on any atom is -0.482 e. The summed E-state index contributed by atoms with van der Waals surface area (Å²) in [6.07, 6.45) is 2.82. The zero-order valence-electron chi connectivity index (χ0n) is 12.3. The molecule has 0 unspecified atom stereocenters. The van der Waals surface area contributed by atoms with E-state index in [4.69, 9.17) is 26.8 Å². The van der Waals surface area contributed by atoms with Crippen LogP contribution in [0.2, 0.25) is 5.02 Å². The van der Waals surface area contributed by atoms with Gasteiger partial charge in [0.1, 0.15) is 11.5 Å². The number of nitrogens with zero attached hydrogens (tertiary/aromatic N) is 2. The van der Waals surface area contributed by atoms with E-state index in [9.17, 15) is 4.79 Å². The van der Waals surface area contributed by atoms with Crippen molar-refractivity contribution in [1.82, 2.24) is 10.4 Å². The molecule has 0 saturated carbocycles. The number of benzene rings is 1. The number of nitrogens with two attached hydrogens (primary N) is 1. The fourth-order valence-electron chi connectivity index (χ4n) is 1.52. The Labute approximate surface area is 148 Å². The molecule has 0 amide bonds. The minimum atomic E-state index is -0.552. The van der Waals surface area contributed by atoms with Gasteiger partial charge in [0.2, 0.25) is 0 Å². The Morgan fingerprint density at radius 3 is 2.62 bits per heavy atom. The molecule has 0 fully saturated rings. The summed E-state index contributed by atoms with van der Waals surface area (Å²) < 4.78 is 10.4. The van der Waals surface area contributed by atoms with Gasteiger partial charge < -0.3 is 15.2 Å². The Bertz CT molecular complexity index is 735. The van der Waals surface area contributed by atoms with Crippen LogP contribution in [-0.4, -0.2) is 28.9 Å². The molecule has 2 rings (SSSR count). The molecular formula is C15H13ClN4O3S. The summed E-state index contributed by atoms with van der Waals surface area (Å²) >= 11 is 10.4. The molecule has 2 aromatic rings. The zero-order chi connectivity index (χ0) is 17.4. The van der Waals surface area contributed by atoms with Gasteiger partial charge >= 0.3 is 5.97 Å². The van der Waals surface area contributed by atoms with E-state index in [-0.39, 0.29) is 11.7 Å². The number of hydrogen-bond acceptors (Lipinski definition) is 6. The van der Waals surface area contributed by atoms with Gasteiger partial charge in [0.25, 0.3) is 0 Å². The maximum Gasteiger partial charge on any atom is 0.349 e. The van der Waals surface area contributed by atoms with Gasteiger partial charge in [-0.15, -0.1) is 0 Å². The van der Waals surface area contributed by atoms with Crippen LogP contribution in [0.5, 0.6) is 11.5 Å². The molecule has 7 nitrogen and oxygen atoms in total. The molecule has 24 heavy (non-hydrogen) atoms. The predicted molar refractivity (Wildman–Crippen MR) is 94.3 cm³/mol. The number of hydrogen-bond donors (Lipinski definition) is 2. The molecule has 0 atom stereocenters. The van der Waals surface area contributed by atoms with Crippen molar-refractivity contribution in [1.29, 1.82) is 0 Å². The van der Waals surface area contributed by atoms with Crippen molar-refractivity contribution >= 4 is 41.1 Å². The number of esters is 1. The van der Waals surface area contributed by atoms with Gasteiger partial charge in [0.15, 0.2) is 11.7 Å². The van der Waals surface area contributed by atoms with E-state index in [1.165, 1.54) is 12.4 Å². The first-order chi connectivity index (χ1) is 11.5. The van der Waals surface area contributed by atoms with Crippen molar-refractivity contribution in [3.05, 3.63) is 53.3 Å². The highest BCUT2D eigenvalue weighted by molar-refractivity contribution is 7.80. The fourth-order valence-corrected chi connectivity index (χ4v) is 1.70. The Kier molecular flexibility index (Phi) is 6.47. The van der Waals surface area contributed by atoms with Crippen molar-refractivity contribution in [2.24, 2.45) is 10.8 Å². The van der Waals surface area contributed by atoms with Gasteiger partial charge in [-0.05, 0) is 48.6 Å². The van der Waals surface area contributed by atoms with Crippen molar-refractivity contribution in [3.8, 4) is 11.5 Å². The van der Waals surface area contributed by atoms with Crippen LogP contribution in [0.25, 0.3) is 0 Å². The first kappa shape index (κ1) is 17.6. The summed E-state index contributed by atoms with van der Waals surface area (Å²) in [6.45, 7) is -0.233. The summed E-state index contributed by atoms with van der Waals surface area (Å²) in [6, 6.07) is 9.85. The van der Waals surface area contributed by atoms with E-state index >= 15 is 0 Å². The van der Waals surface area contributed by atoms with E-state index < -0.39 is 5.97 Å². The van der Waals surface area contributed by atoms with Gasteiger partial charge in [-0.2, -0.15) is 5.10 Å². The van der Waals surface area contributed by atoms with Crippen molar-refractivity contribution in [3.63, 3.8) is 0 Å². The third-order valence-electron chi connectivity index (χ3n) is 2.53. The second-order valence-corrected chi connectivity index (χ2v) is 5.25. The second-order valence-electron chi connectivity index (χ2n) is 4.37. The molecule has 124 valence electrons. The van der Waals surface area contributed by atoms with Crippen LogP contribution in [0.15, 0.2) is 47.7 Å². The molecule has 1 heterocycles. The highest BCUT2D eigenvalue weighted by Crippen LogP contribution is 2.15. The molecule has 0 aliphatic carbocycles. The summed E-state index contributed by atoms with van der Waals surface area (Å²) in [4.78, 5) is 15.8. The summed E-state index contributed by atoms with van der Waals surface area (Å²) in [5, 5.41) is 4.40. The lowest BCUT2D eigenvalue weighted by Gasteiger charge is -2.06. The number of pyridine rings is 1. The van der Waals surface area contributed by atoms with Crippen LogP contribution in [0, 0.1) is 0 Å². The van der Waals surface area contributed by atoms with Crippen molar-refractivity contribution in [2.75, 3.05) is 6.61 Å². The second kappa shape index (κ2) is 8.80. The molecule has 0 radical (unpaired) electrons. The average molecular weight is 365 g/mol. The van der Waals surface area contributed by atoms with Crippen LogP contribution >= 0.6 is 23.8 Å². The number of thiocarbonyl (C=S) groups is 1. The Balaban J connectivity index is 1.82. The normalized spacial score (nSPS) is 10.4. The molecule has 9 heteroatoms. The third-order valence-corrected chi connectivity index (χ3v) is 2.88. The maximum absolute atomic E-state index is 11.7. The van der Waals surface area contributed by atoms with Crippen molar-refractivity contribution in [2.45, 2.75) is 0 Å². The van der Waals surface area contributed by atoms with Gasteiger partial charge in [-0.25, -0.2) is 4.79 Å². The molecule has 0 bridgehead atoms. The highest BCUT2D eigenvalue weighted by Gasteiger charge is 2.06. The quantitative estimate of drug-likeness (QED) is 0.349. The predicted octanol–water partition coefficient (Wildman–Crippen LogP) is 1.89. The Hall–Kier alpha value is -2.71. The lowest BCUT2D eigenvalue weighted by molar-refractivity contribution is -0.136. The van der Waals surface area contributed by atoms with Gasteiger partial charge in [0.05, 0.1) is 18.1 Å². The minimum absolute atomic E-state index is 0.0532. The molecule has 0 aliphatic rings. The van der Waals surface area contributed by atoms with Crippen LogP contribution in [0.1, 0.15) is 5.69 Å². The first-order valence-corrected chi connectivity index (χ1v) is 7.45. The molecular weight excluding hydrogens is 352 g/mol. The number of aromatic nitrogens is 1. The number of nitrogens with one attached hydrogen (secondary N) is 1. The molecule has 0 aliphatic heterocycles. The van der Waals surface area contributed by atoms with E-state index in [1.54, 1.807) is 36.4 Å². The number of ether oxygens (including phenoxy) is 2. The monoisotopic (exact) mass is 364 g/mol. The Morgan fingerprint density at radius 2 is 2.00 bits per heavy atom. The van der Waals surface area contributed by atoms with E-state index in [0.717, 1.165) is 0 Å². The van der Waals surface area contributed by atoms with Crippen LogP contribution in [0.3, 0.4) is 0 Å². The summed E-state index contributed by atoms with van der Waals surface area (Å²) in [5.74, 6) is 0.258.